The molecule has 22 aromatic rings. The normalized spacial score (nSPS) is 14.0. The minimum Gasteiger partial charge on any atom is -0.247 e. The van der Waals surface area contributed by atoms with Gasteiger partial charge in [-0.3, -0.25) is 0 Å². The maximum atomic E-state index is 5.66. The average Bonchev–Trinajstić information content (AvgIpc) is 1.51. The topological polar surface area (TPSA) is 103 Å². The van der Waals surface area contributed by atoms with Gasteiger partial charge in [-0.15, -0.1) is 0 Å². The van der Waals surface area contributed by atoms with Crippen molar-refractivity contribution >= 4 is 66.9 Å². The molecule has 0 amide bonds. The Balaban J connectivity index is 0.638. The third-order valence-corrected chi connectivity index (χ3v) is 28.8. The average molecular weight is 1660 g/mol. The number of nitrogens with zero attached hydrogens (tertiary/aromatic N) is 8. The van der Waals surface area contributed by atoms with Crippen molar-refractivity contribution in [2.24, 2.45) is 0 Å². The Hall–Kier alpha value is -16.0. The van der Waals surface area contributed by atoms with Crippen LogP contribution >= 0.6 is 23.5 Å². The molecule has 0 saturated heterocycles. The molecule has 0 saturated carbocycles. The maximum Gasteiger partial charge on any atom is 0.164 e. The third-order valence-electron chi connectivity index (χ3n) is 26.5. The molecule has 2 spiro atoms. The Morgan fingerprint density at radius 3 is 0.891 bits per heavy atom. The Kier molecular flexibility index (Phi) is 16.9. The van der Waals surface area contributed by atoms with Gasteiger partial charge in [0.15, 0.2) is 34.9 Å². The summed E-state index contributed by atoms with van der Waals surface area (Å²) in [7, 11) is 0. The molecule has 0 fully saturated rings. The summed E-state index contributed by atoms with van der Waals surface area (Å²) in [6, 6.07) is 154. The zero-order valence-electron chi connectivity index (χ0n) is 68.8. The first-order valence-corrected chi connectivity index (χ1v) is 45.0. The van der Waals surface area contributed by atoms with Crippen LogP contribution in [0.2, 0.25) is 0 Å². The summed E-state index contributed by atoms with van der Waals surface area (Å²) in [5, 5.41) is 6.40. The van der Waals surface area contributed by atoms with Crippen molar-refractivity contribution in [1.82, 2.24) is 39.9 Å². The van der Waals surface area contributed by atoms with Crippen molar-refractivity contribution in [3.63, 3.8) is 0 Å². The molecule has 1 atom stereocenters. The van der Waals surface area contributed by atoms with Crippen molar-refractivity contribution in [1.29, 1.82) is 0 Å². The third kappa shape index (κ3) is 11.4. The Morgan fingerprint density at radius 2 is 0.445 bits per heavy atom. The lowest BCUT2D eigenvalue weighted by molar-refractivity contribution is 0.723. The second-order valence-electron chi connectivity index (χ2n) is 33.4. The summed E-state index contributed by atoms with van der Waals surface area (Å²) in [5.41, 5.74) is 30.9. The van der Waals surface area contributed by atoms with E-state index in [0.29, 0.717) is 34.9 Å². The van der Waals surface area contributed by atoms with Crippen molar-refractivity contribution in [2.45, 2.75) is 30.4 Å². The zero-order valence-corrected chi connectivity index (χ0v) is 70.4. The van der Waals surface area contributed by atoms with E-state index < -0.39 is 10.8 Å². The number of hydrogen-bond acceptors (Lipinski definition) is 10. The highest BCUT2D eigenvalue weighted by atomic mass is 32.2. The molecular weight excluding hydrogens is 1590 g/mol. The fourth-order valence-corrected chi connectivity index (χ4v) is 23.3. The largest absolute Gasteiger partial charge is 0.247 e. The summed E-state index contributed by atoms with van der Waals surface area (Å²) >= 11 is 3.70. The van der Waals surface area contributed by atoms with Crippen LogP contribution in [0.25, 0.3) is 190 Å². The Labute approximate surface area is 747 Å². The van der Waals surface area contributed by atoms with Gasteiger partial charge in [-0.25, -0.2) is 39.9 Å². The molecule has 4 aromatic heterocycles. The van der Waals surface area contributed by atoms with Gasteiger partial charge < -0.3 is 0 Å². The molecule has 594 valence electrons. The van der Waals surface area contributed by atoms with Gasteiger partial charge in [-0.05, 0) is 173 Å². The van der Waals surface area contributed by atoms with E-state index in [4.69, 9.17) is 39.9 Å². The van der Waals surface area contributed by atoms with Crippen LogP contribution in [0.15, 0.2) is 444 Å². The van der Waals surface area contributed by atoms with E-state index in [1.165, 1.54) is 86.3 Å². The molecule has 2 aliphatic heterocycles. The number of aromatic nitrogens is 8. The minimum absolute atomic E-state index is 0.551. The highest BCUT2D eigenvalue weighted by Gasteiger charge is 2.53. The molecule has 1 unspecified atom stereocenters. The quantitative estimate of drug-likeness (QED) is 0.116. The molecular formula is C118H70N8S2. The zero-order chi connectivity index (χ0) is 84.1. The molecule has 26 rings (SSSR count). The van der Waals surface area contributed by atoms with Gasteiger partial charge in [-0.2, -0.15) is 0 Å². The van der Waals surface area contributed by atoms with Crippen LogP contribution in [0.1, 0.15) is 44.5 Å². The fraction of sp³-hybridized carbons (Fsp3) is 0.0169. The second-order valence-corrected chi connectivity index (χ2v) is 35.5. The van der Waals surface area contributed by atoms with Gasteiger partial charge in [-0.1, -0.05) is 375 Å². The van der Waals surface area contributed by atoms with Gasteiger partial charge in [0.25, 0.3) is 0 Å². The first-order chi connectivity index (χ1) is 63.4. The van der Waals surface area contributed by atoms with Gasteiger partial charge in [0, 0.05) is 96.4 Å². The molecule has 0 radical (unpaired) electrons. The van der Waals surface area contributed by atoms with Crippen molar-refractivity contribution in [3.8, 4) is 146 Å². The van der Waals surface area contributed by atoms with E-state index >= 15 is 0 Å². The highest BCUT2D eigenvalue weighted by Crippen LogP contribution is 2.67. The number of benzene rings is 18. The van der Waals surface area contributed by atoms with E-state index in [1.54, 1.807) is 0 Å². The van der Waals surface area contributed by atoms with Crippen LogP contribution < -0.4 is 0 Å². The van der Waals surface area contributed by atoms with Crippen molar-refractivity contribution in [2.75, 3.05) is 0 Å². The standard InChI is InChI=1S/C118H70N8S2/c1-6-28-71(29-7-1)73-52-54-77(55-53-73)112-121-111(76-36-14-5-15-37-76)122-115(123-112)83-57-64-99-89(68-83)106-88(110(119-99)75-34-12-4-13-35-75)60-63-98-108(106)86-43-17-19-45-92(86)118(98)95-48-22-25-51-103(95)128-104-70-80(56-61-96(104)118)79-39-27-41-82(67-79)114-124-113(81-40-26-38-78(66-81)72-30-8-2-9-31-72)125-116(126-114)84-58-65-100-90(69-84)105-87(109(120-100)74-32-10-3-11-33-74)59-62-97-107(105)85-42-16-18-44-91(85)117(97)93-46-20-23-49-101(93)127-102-50-24-21-47-94(102)117/h1-70H. The summed E-state index contributed by atoms with van der Waals surface area (Å²) < 4.78 is 0. The highest BCUT2D eigenvalue weighted by molar-refractivity contribution is 7.99. The van der Waals surface area contributed by atoms with E-state index in [9.17, 15) is 0 Å². The fourth-order valence-electron chi connectivity index (χ4n) is 20.9. The summed E-state index contributed by atoms with van der Waals surface area (Å²) in [4.78, 5) is 48.8. The lowest BCUT2D eigenvalue weighted by Gasteiger charge is -2.40. The maximum absolute atomic E-state index is 5.66. The van der Waals surface area contributed by atoms with Crippen molar-refractivity contribution < 1.29 is 0 Å². The summed E-state index contributed by atoms with van der Waals surface area (Å²) in [5.74, 6) is 3.43. The van der Waals surface area contributed by atoms with Crippen LogP contribution in [0.5, 0.6) is 0 Å². The van der Waals surface area contributed by atoms with E-state index in [0.717, 1.165) is 133 Å². The first-order valence-electron chi connectivity index (χ1n) is 43.3. The summed E-state index contributed by atoms with van der Waals surface area (Å²) in [6.45, 7) is 0. The van der Waals surface area contributed by atoms with Gasteiger partial charge in [0.2, 0.25) is 0 Å². The molecule has 128 heavy (non-hydrogen) atoms. The van der Waals surface area contributed by atoms with Crippen LogP contribution in [0.3, 0.4) is 0 Å². The number of rotatable bonds is 11. The van der Waals surface area contributed by atoms with Gasteiger partial charge >= 0.3 is 0 Å². The SMILES string of the molecule is c1ccc(-c2ccc(-c3nc(-c4ccccc4)nc(-c4ccc5nc(-c6ccccc6)c6ccc7c(c6c5c4)-c4ccccc4C74c5ccccc5Sc5cc(-c6cccc(-c7nc(-c8cccc(-c9ccccc9)c8)nc(-c8ccc9nc(-c%10ccccc%10)c%10ccc%11c(c%10c9c8)-c8ccccc8C%118c9ccccc9Sc9ccccc98)n7)c6)ccc54)n3)cc2)cc1. The predicted octanol–water partition coefficient (Wildman–Crippen LogP) is 29.5. The number of pyridine rings is 2. The molecule has 6 heterocycles. The van der Waals surface area contributed by atoms with Crippen LogP contribution in [-0.4, -0.2) is 39.9 Å². The molecule has 10 heteroatoms. The smallest absolute Gasteiger partial charge is 0.164 e. The van der Waals surface area contributed by atoms with Crippen LogP contribution in [0, 0.1) is 0 Å². The lowest BCUT2D eigenvalue weighted by atomic mass is 9.67. The van der Waals surface area contributed by atoms with E-state index in [1.807, 2.05) is 47.8 Å². The molecule has 4 aliphatic rings. The number of hydrogen-bond donors (Lipinski definition) is 0. The Bertz CT molecular complexity index is 8330. The van der Waals surface area contributed by atoms with Crippen LogP contribution in [-0.2, 0) is 10.8 Å². The van der Waals surface area contributed by atoms with Gasteiger partial charge in [0.1, 0.15) is 0 Å². The first kappa shape index (κ1) is 73.5. The predicted molar refractivity (Wildman–Crippen MR) is 521 cm³/mol. The molecule has 0 bridgehead atoms. The van der Waals surface area contributed by atoms with Gasteiger partial charge in [0.05, 0.1) is 33.3 Å². The molecule has 2 aliphatic carbocycles. The molecule has 0 N–H and O–H groups in total. The van der Waals surface area contributed by atoms with Crippen molar-refractivity contribution in [3.05, 3.63) is 469 Å². The molecule has 8 nitrogen and oxygen atoms in total. The summed E-state index contributed by atoms with van der Waals surface area (Å²) in [6.07, 6.45) is 0. The van der Waals surface area contributed by atoms with E-state index in [2.05, 4.69) is 400 Å². The van der Waals surface area contributed by atoms with Crippen LogP contribution in [0.4, 0.5) is 0 Å². The minimum atomic E-state index is -0.744. The Morgan fingerprint density at radius 1 is 0.164 bits per heavy atom. The number of fused-ring (bicyclic) bond motifs is 26. The lowest BCUT2D eigenvalue weighted by Crippen LogP contribution is -2.32. The monoisotopic (exact) mass is 1660 g/mol. The second kappa shape index (κ2) is 29.3. The molecule has 18 aromatic carbocycles. The van der Waals surface area contributed by atoms with E-state index in [-0.39, 0.29) is 0 Å².